The predicted octanol–water partition coefficient (Wildman–Crippen LogP) is 4.31. The highest BCUT2D eigenvalue weighted by molar-refractivity contribution is 6.03. The van der Waals surface area contributed by atoms with Gasteiger partial charge < -0.3 is 4.90 Å². The molecule has 2 fully saturated rings. The van der Waals surface area contributed by atoms with E-state index in [4.69, 9.17) is 0 Å². The Morgan fingerprint density at radius 2 is 1.71 bits per heavy atom. The Balaban J connectivity index is 1.73. The number of hydrogen-bond acceptors (Lipinski definition) is 2. The van der Waals surface area contributed by atoms with Crippen molar-refractivity contribution in [2.45, 2.75) is 38.5 Å². The monoisotopic (exact) mass is 283 g/mol. The number of anilines is 1. The number of Topliss-reactive ketones (excluding diaryl/α,β-unsaturated/α-hetero) is 1. The van der Waals surface area contributed by atoms with E-state index in [9.17, 15) is 4.79 Å². The van der Waals surface area contributed by atoms with Crippen molar-refractivity contribution in [3.63, 3.8) is 0 Å². The molecule has 1 aromatic rings. The van der Waals surface area contributed by atoms with Gasteiger partial charge in [-0.15, -0.1) is 0 Å². The van der Waals surface area contributed by atoms with E-state index in [2.05, 4.69) is 35.2 Å². The number of rotatable bonds is 3. The highest BCUT2D eigenvalue weighted by atomic mass is 16.1. The second-order valence-corrected chi connectivity index (χ2v) is 6.71. The lowest BCUT2D eigenvalue weighted by Crippen LogP contribution is -2.16. The molecule has 0 heterocycles. The Bertz CT molecular complexity index is 535. The van der Waals surface area contributed by atoms with Gasteiger partial charge in [-0.05, 0) is 60.9 Å². The molecule has 2 saturated carbocycles. The van der Waals surface area contributed by atoms with Crippen molar-refractivity contribution in [3.8, 4) is 0 Å². The molecular formula is C19H25NO. The maximum Gasteiger partial charge on any atom is 0.162 e. The summed E-state index contributed by atoms with van der Waals surface area (Å²) in [5.41, 5.74) is 3.39. The molecule has 0 unspecified atom stereocenters. The van der Waals surface area contributed by atoms with Crippen LogP contribution >= 0.6 is 0 Å². The summed E-state index contributed by atoms with van der Waals surface area (Å²) >= 11 is 0. The molecule has 0 aliphatic heterocycles. The van der Waals surface area contributed by atoms with Crippen LogP contribution in [0.4, 0.5) is 5.69 Å². The first-order chi connectivity index (χ1) is 10.1. The van der Waals surface area contributed by atoms with E-state index in [0.29, 0.717) is 17.6 Å². The fourth-order valence-corrected chi connectivity index (χ4v) is 3.83. The maximum atomic E-state index is 12.6. The van der Waals surface area contributed by atoms with Crippen molar-refractivity contribution in [1.29, 1.82) is 0 Å². The zero-order valence-electron chi connectivity index (χ0n) is 13.1. The highest BCUT2D eigenvalue weighted by Crippen LogP contribution is 2.40. The molecule has 2 heteroatoms. The molecular weight excluding hydrogens is 258 g/mol. The van der Waals surface area contributed by atoms with Crippen LogP contribution in [0.15, 0.2) is 29.8 Å². The molecule has 1 atom stereocenters. The second kappa shape index (κ2) is 6.05. The summed E-state index contributed by atoms with van der Waals surface area (Å²) in [5, 5.41) is 0. The quantitative estimate of drug-likeness (QED) is 0.771. The predicted molar refractivity (Wildman–Crippen MR) is 88.4 cm³/mol. The van der Waals surface area contributed by atoms with Crippen LogP contribution in [0.1, 0.15) is 44.1 Å². The van der Waals surface area contributed by atoms with Crippen LogP contribution in [0.25, 0.3) is 6.08 Å². The molecule has 0 aromatic heterocycles. The SMILES string of the molecule is CN(C)c1ccc(/C=C2\CC[C@H](C3CCCC3)C2=O)cc1. The van der Waals surface area contributed by atoms with Gasteiger partial charge in [0.25, 0.3) is 0 Å². The molecule has 112 valence electrons. The summed E-state index contributed by atoms with van der Waals surface area (Å²) in [6, 6.07) is 8.44. The molecule has 0 saturated heterocycles. The third-order valence-electron chi connectivity index (χ3n) is 5.10. The standard InChI is InChI=1S/C19H25NO/c1-20(2)17-10-7-14(8-11-17)13-16-9-12-18(19(16)21)15-5-3-4-6-15/h7-8,10-11,13,15,18H,3-6,9,12H2,1-2H3/b16-13+/t18-/m1/s1. The van der Waals surface area contributed by atoms with Gasteiger partial charge >= 0.3 is 0 Å². The van der Waals surface area contributed by atoms with Crippen LogP contribution in [-0.2, 0) is 4.79 Å². The Kier molecular flexibility index (Phi) is 4.14. The molecule has 2 nitrogen and oxygen atoms in total. The molecule has 0 spiro atoms. The van der Waals surface area contributed by atoms with Gasteiger partial charge in [-0.1, -0.05) is 25.0 Å². The number of carbonyl (C=O) groups excluding carboxylic acids is 1. The third kappa shape index (κ3) is 3.04. The number of nitrogens with zero attached hydrogens (tertiary/aromatic N) is 1. The Hall–Kier alpha value is -1.57. The van der Waals surface area contributed by atoms with E-state index in [1.54, 1.807) is 0 Å². The third-order valence-corrected chi connectivity index (χ3v) is 5.10. The van der Waals surface area contributed by atoms with E-state index in [1.807, 2.05) is 14.1 Å². The molecule has 21 heavy (non-hydrogen) atoms. The van der Waals surface area contributed by atoms with Crippen LogP contribution in [-0.4, -0.2) is 19.9 Å². The van der Waals surface area contributed by atoms with E-state index in [-0.39, 0.29) is 0 Å². The maximum absolute atomic E-state index is 12.6. The second-order valence-electron chi connectivity index (χ2n) is 6.71. The highest BCUT2D eigenvalue weighted by Gasteiger charge is 2.36. The first kappa shape index (κ1) is 14.4. The number of benzene rings is 1. The minimum Gasteiger partial charge on any atom is -0.378 e. The average Bonchev–Trinajstić information content (AvgIpc) is 3.10. The zero-order valence-corrected chi connectivity index (χ0v) is 13.1. The lowest BCUT2D eigenvalue weighted by Gasteiger charge is -2.15. The molecule has 0 bridgehead atoms. The summed E-state index contributed by atoms with van der Waals surface area (Å²) in [6.07, 6.45) is 9.32. The molecule has 2 aliphatic rings. The normalized spacial score (nSPS) is 25.0. The lowest BCUT2D eigenvalue weighted by molar-refractivity contribution is -0.119. The molecule has 0 N–H and O–H groups in total. The molecule has 3 rings (SSSR count). The summed E-state index contributed by atoms with van der Waals surface area (Å²) in [4.78, 5) is 14.7. The Morgan fingerprint density at radius 1 is 1.05 bits per heavy atom. The van der Waals surface area contributed by atoms with Crippen LogP contribution in [0.2, 0.25) is 0 Å². The van der Waals surface area contributed by atoms with Crippen LogP contribution in [0, 0.1) is 11.8 Å². The number of allylic oxidation sites excluding steroid dienone is 1. The van der Waals surface area contributed by atoms with Gasteiger partial charge in [0.05, 0.1) is 0 Å². The zero-order chi connectivity index (χ0) is 14.8. The summed E-state index contributed by atoms with van der Waals surface area (Å²) in [7, 11) is 4.08. The van der Waals surface area contributed by atoms with Crippen molar-refractivity contribution in [3.05, 3.63) is 35.4 Å². The summed E-state index contributed by atoms with van der Waals surface area (Å²) in [5.74, 6) is 1.41. The van der Waals surface area contributed by atoms with Gasteiger partial charge in [-0.2, -0.15) is 0 Å². The fraction of sp³-hybridized carbons (Fsp3) is 0.526. The van der Waals surface area contributed by atoms with Gasteiger partial charge in [-0.3, -0.25) is 4.79 Å². The smallest absolute Gasteiger partial charge is 0.162 e. The van der Waals surface area contributed by atoms with Crippen LogP contribution in [0.5, 0.6) is 0 Å². The summed E-state index contributed by atoms with van der Waals surface area (Å²) < 4.78 is 0. The van der Waals surface area contributed by atoms with Gasteiger partial charge in [0.15, 0.2) is 5.78 Å². The molecule has 0 amide bonds. The van der Waals surface area contributed by atoms with Crippen molar-refractivity contribution >= 4 is 17.5 Å². The molecule has 2 aliphatic carbocycles. The largest absolute Gasteiger partial charge is 0.378 e. The Morgan fingerprint density at radius 3 is 2.33 bits per heavy atom. The lowest BCUT2D eigenvalue weighted by atomic mass is 9.88. The van der Waals surface area contributed by atoms with Crippen molar-refractivity contribution < 1.29 is 4.79 Å². The topological polar surface area (TPSA) is 20.3 Å². The van der Waals surface area contributed by atoms with Gasteiger partial charge in [0.1, 0.15) is 0 Å². The molecule has 0 radical (unpaired) electrons. The van der Waals surface area contributed by atoms with Crippen LogP contribution in [0.3, 0.4) is 0 Å². The van der Waals surface area contributed by atoms with Gasteiger partial charge in [0.2, 0.25) is 0 Å². The minimum atomic E-state index is 0.319. The van der Waals surface area contributed by atoms with E-state index in [0.717, 1.165) is 24.0 Å². The van der Waals surface area contributed by atoms with Gasteiger partial charge in [-0.25, -0.2) is 0 Å². The molecule has 1 aromatic carbocycles. The van der Waals surface area contributed by atoms with Crippen LogP contribution < -0.4 is 4.90 Å². The van der Waals surface area contributed by atoms with E-state index < -0.39 is 0 Å². The summed E-state index contributed by atoms with van der Waals surface area (Å²) in [6.45, 7) is 0. The van der Waals surface area contributed by atoms with Crippen molar-refractivity contribution in [1.82, 2.24) is 0 Å². The first-order valence-electron chi connectivity index (χ1n) is 8.17. The fourth-order valence-electron chi connectivity index (χ4n) is 3.83. The number of ketones is 1. The average molecular weight is 283 g/mol. The first-order valence-corrected chi connectivity index (χ1v) is 8.17. The van der Waals surface area contributed by atoms with E-state index >= 15 is 0 Å². The van der Waals surface area contributed by atoms with Gasteiger partial charge in [0, 0.05) is 25.7 Å². The minimum absolute atomic E-state index is 0.319. The number of hydrogen-bond donors (Lipinski definition) is 0. The van der Waals surface area contributed by atoms with E-state index in [1.165, 1.54) is 31.4 Å². The Labute approximate surface area is 127 Å². The van der Waals surface area contributed by atoms with Crippen molar-refractivity contribution in [2.24, 2.45) is 11.8 Å². The number of carbonyl (C=O) groups is 1. The van der Waals surface area contributed by atoms with Crippen molar-refractivity contribution in [2.75, 3.05) is 19.0 Å².